The number of hydrogen-bond acceptors (Lipinski definition) is 4. The molecule has 1 saturated heterocycles. The molecule has 4 nitrogen and oxygen atoms in total. The van der Waals surface area contributed by atoms with Gasteiger partial charge in [-0.2, -0.15) is 18.4 Å². The van der Waals surface area contributed by atoms with Gasteiger partial charge in [0.2, 0.25) is 5.72 Å². The third-order valence-electron chi connectivity index (χ3n) is 7.96. The molecule has 0 N–H and O–H groups in total. The maximum atomic E-state index is 13.2. The second kappa shape index (κ2) is 9.83. The highest BCUT2D eigenvalue weighted by Crippen LogP contribution is 2.56. The van der Waals surface area contributed by atoms with E-state index in [1.807, 2.05) is 37.1 Å². The fourth-order valence-corrected chi connectivity index (χ4v) is 5.27. The maximum Gasteiger partial charge on any atom is 0.416 e. The van der Waals surface area contributed by atoms with E-state index in [4.69, 9.17) is 10.00 Å². The number of likely N-dealkylation sites (N-methyl/N-ethyl adjacent to an activating group) is 1. The number of benzene rings is 2. The molecule has 1 fully saturated rings. The summed E-state index contributed by atoms with van der Waals surface area (Å²) in [5.74, 6) is 0.464. The molecule has 7 heteroatoms. The number of hydrogen-bond donors (Lipinski definition) is 0. The number of ether oxygens (including phenoxy) is 1. The highest BCUT2D eigenvalue weighted by atomic mass is 19.4. The monoisotopic (exact) mass is 520 g/mol. The Hall–Kier alpha value is -3.79. The first-order valence-electron chi connectivity index (χ1n) is 12.5. The lowest BCUT2D eigenvalue weighted by Gasteiger charge is -2.46. The molecule has 2 atom stereocenters. The van der Waals surface area contributed by atoms with E-state index in [1.54, 1.807) is 30.3 Å². The molecule has 2 aliphatic rings. The molecule has 0 aliphatic carbocycles. The lowest BCUT2D eigenvalue weighted by atomic mass is 9.73. The van der Waals surface area contributed by atoms with Gasteiger partial charge < -0.3 is 9.64 Å². The highest BCUT2D eigenvalue weighted by molar-refractivity contribution is 5.97. The van der Waals surface area contributed by atoms with E-state index in [0.717, 1.165) is 29.0 Å². The Morgan fingerprint density at radius 2 is 1.87 bits per heavy atom. The summed E-state index contributed by atoms with van der Waals surface area (Å²) in [6.45, 7) is 8.19. The number of carbonyl (C=O) groups excluding carboxylic acids is 1. The van der Waals surface area contributed by atoms with Gasteiger partial charge >= 0.3 is 6.18 Å². The molecule has 2 unspecified atom stereocenters. The average Bonchev–Trinajstić information content (AvgIpc) is 2.99. The molecule has 4 rings (SSSR count). The second-order valence-electron chi connectivity index (χ2n) is 10.6. The first-order valence-corrected chi connectivity index (χ1v) is 12.5. The number of halogens is 3. The number of nitrogens with zero attached hydrogens (tertiary/aromatic N) is 2. The number of likely N-dealkylation sites (tertiary alicyclic amines) is 1. The Labute approximate surface area is 221 Å². The van der Waals surface area contributed by atoms with Crippen LogP contribution in [0.25, 0.3) is 6.08 Å². The van der Waals surface area contributed by atoms with Crippen molar-refractivity contribution in [3.05, 3.63) is 94.2 Å². The molecular formula is C31H31F3N2O2. The van der Waals surface area contributed by atoms with E-state index >= 15 is 0 Å². The lowest BCUT2D eigenvalue weighted by molar-refractivity contribution is -0.137. The number of allylic oxidation sites excluding steroid dienone is 4. The minimum absolute atomic E-state index is 0.00124. The van der Waals surface area contributed by atoms with E-state index in [9.17, 15) is 18.0 Å². The number of rotatable bonds is 5. The van der Waals surface area contributed by atoms with Gasteiger partial charge in [0, 0.05) is 41.6 Å². The van der Waals surface area contributed by atoms with E-state index in [1.165, 1.54) is 6.07 Å². The van der Waals surface area contributed by atoms with Crippen LogP contribution in [-0.4, -0.2) is 23.5 Å². The molecule has 38 heavy (non-hydrogen) atoms. The van der Waals surface area contributed by atoms with Crippen molar-refractivity contribution in [2.45, 2.75) is 52.4 Å². The van der Waals surface area contributed by atoms with Crippen LogP contribution in [0.2, 0.25) is 0 Å². The van der Waals surface area contributed by atoms with E-state index in [-0.39, 0.29) is 18.1 Å². The summed E-state index contributed by atoms with van der Waals surface area (Å²) < 4.78 is 46.0. The van der Waals surface area contributed by atoms with Gasteiger partial charge in [-0.25, -0.2) is 0 Å². The van der Waals surface area contributed by atoms with Crippen LogP contribution in [0.15, 0.2) is 72.0 Å². The van der Waals surface area contributed by atoms with Gasteiger partial charge in [-0.15, -0.1) is 0 Å². The van der Waals surface area contributed by atoms with E-state index < -0.39 is 22.9 Å². The van der Waals surface area contributed by atoms with E-state index in [0.29, 0.717) is 23.3 Å². The molecule has 1 spiro atoms. The van der Waals surface area contributed by atoms with Crippen molar-refractivity contribution in [3.8, 4) is 11.8 Å². The fraction of sp³-hybridized carbons (Fsp3) is 0.355. The molecule has 2 aliphatic heterocycles. The Morgan fingerprint density at radius 1 is 1.18 bits per heavy atom. The number of nitriles is 1. The van der Waals surface area contributed by atoms with Gasteiger partial charge in [-0.3, -0.25) is 4.79 Å². The molecular weight excluding hydrogens is 489 g/mol. The zero-order valence-electron chi connectivity index (χ0n) is 22.2. The largest absolute Gasteiger partial charge is 0.463 e. The van der Waals surface area contributed by atoms with Crippen LogP contribution in [0.1, 0.15) is 61.2 Å². The summed E-state index contributed by atoms with van der Waals surface area (Å²) in [4.78, 5) is 14.8. The van der Waals surface area contributed by atoms with Crippen molar-refractivity contribution >= 4 is 11.9 Å². The van der Waals surface area contributed by atoms with E-state index in [2.05, 4.69) is 26.8 Å². The zero-order chi connectivity index (χ0) is 27.9. The molecule has 198 valence electrons. The third-order valence-corrected chi connectivity index (χ3v) is 7.96. The summed E-state index contributed by atoms with van der Waals surface area (Å²) in [6.07, 6.45) is 3.66. The Bertz CT molecular complexity index is 1380. The van der Waals surface area contributed by atoms with Gasteiger partial charge in [0.05, 0.1) is 18.1 Å². The number of ketones is 1. The normalized spacial score (nSPS) is 23.3. The minimum Gasteiger partial charge on any atom is -0.463 e. The Balaban J connectivity index is 1.56. The predicted octanol–water partition coefficient (Wildman–Crippen LogP) is 7.58. The van der Waals surface area contributed by atoms with Crippen LogP contribution in [-0.2, 0) is 12.6 Å². The van der Waals surface area contributed by atoms with Crippen LogP contribution >= 0.6 is 0 Å². The van der Waals surface area contributed by atoms with Crippen LogP contribution in [0.4, 0.5) is 13.2 Å². The van der Waals surface area contributed by atoms with Gasteiger partial charge in [-0.1, -0.05) is 56.7 Å². The van der Waals surface area contributed by atoms with Gasteiger partial charge in [-0.05, 0) is 48.9 Å². The molecule has 0 saturated carbocycles. The summed E-state index contributed by atoms with van der Waals surface area (Å²) in [5.41, 5.74) is 1.78. The van der Waals surface area contributed by atoms with Crippen LogP contribution in [0.5, 0.6) is 5.75 Å². The topological polar surface area (TPSA) is 53.3 Å². The van der Waals surface area contributed by atoms with Crippen molar-refractivity contribution in [2.24, 2.45) is 11.3 Å². The summed E-state index contributed by atoms with van der Waals surface area (Å²) in [6, 6.07) is 12.8. The van der Waals surface area contributed by atoms with Gasteiger partial charge in [0.15, 0.2) is 5.78 Å². The highest BCUT2D eigenvalue weighted by Gasteiger charge is 2.60. The summed E-state index contributed by atoms with van der Waals surface area (Å²) in [7, 11) is 1.92. The summed E-state index contributed by atoms with van der Waals surface area (Å²) in [5, 5.41) is 8.81. The molecule has 2 aromatic carbocycles. The van der Waals surface area contributed by atoms with Gasteiger partial charge in [0.1, 0.15) is 5.75 Å². The SMILES string of the molecule is C/C(=C\C=C1/C(C)C(C)(C)C2(C=Cc3cc(C(F)(F)F)ccc3O2)N1C)CC(=O)c1ccc(CC#N)cc1. The predicted molar refractivity (Wildman–Crippen MR) is 141 cm³/mol. The first-order chi connectivity index (χ1) is 17.8. The van der Waals surface area contributed by atoms with Crippen LogP contribution in [0.3, 0.4) is 0 Å². The number of carbonyl (C=O) groups is 1. The quantitative estimate of drug-likeness (QED) is 0.381. The molecule has 0 radical (unpaired) electrons. The average molecular weight is 521 g/mol. The van der Waals surface area contributed by atoms with Crippen molar-refractivity contribution in [1.82, 2.24) is 4.90 Å². The maximum absolute atomic E-state index is 13.2. The van der Waals surface area contributed by atoms with Crippen molar-refractivity contribution < 1.29 is 22.7 Å². The lowest BCUT2D eigenvalue weighted by Crippen LogP contribution is -2.54. The van der Waals surface area contributed by atoms with Gasteiger partial charge in [0.25, 0.3) is 0 Å². The molecule has 2 heterocycles. The van der Waals surface area contributed by atoms with Crippen LogP contribution < -0.4 is 4.74 Å². The standard InChI is InChI=1S/C31H31F3N2O2/c1-20(18-27(37)23-9-7-22(8-10-23)15-17-35)6-12-26-21(2)29(3,4)30(36(26)5)16-14-24-19-25(31(32,33)34)11-13-28(24)38-30/h6-14,16,19,21H,15,18H2,1-5H3/b20-6+,26-12+. The Kier molecular flexibility index (Phi) is 7.05. The third kappa shape index (κ3) is 4.76. The number of alkyl halides is 3. The summed E-state index contributed by atoms with van der Waals surface area (Å²) >= 11 is 0. The van der Waals surface area contributed by atoms with Crippen molar-refractivity contribution in [1.29, 1.82) is 5.26 Å². The Morgan fingerprint density at radius 3 is 2.50 bits per heavy atom. The smallest absolute Gasteiger partial charge is 0.416 e. The molecule has 0 amide bonds. The molecule has 2 aromatic rings. The number of fused-ring (bicyclic) bond motifs is 1. The first kappa shape index (κ1) is 27.3. The zero-order valence-corrected chi connectivity index (χ0v) is 22.2. The fourth-order valence-electron chi connectivity index (χ4n) is 5.27. The molecule has 0 aromatic heterocycles. The second-order valence-corrected chi connectivity index (χ2v) is 10.6. The van der Waals surface area contributed by atoms with Crippen molar-refractivity contribution in [3.63, 3.8) is 0 Å². The van der Waals surface area contributed by atoms with Crippen molar-refractivity contribution in [2.75, 3.05) is 7.05 Å². The minimum atomic E-state index is -4.42. The molecule has 0 bridgehead atoms. The number of Topliss-reactive ketones (excluding diaryl/α,β-unsaturated/α-hetero) is 1. The van der Waals surface area contributed by atoms with Crippen LogP contribution in [0, 0.1) is 22.7 Å².